The third-order valence-electron chi connectivity index (χ3n) is 4.00. The van der Waals surface area contributed by atoms with Crippen LogP contribution in [0.2, 0.25) is 0 Å². The van der Waals surface area contributed by atoms with Crippen molar-refractivity contribution in [3.63, 3.8) is 0 Å². The highest BCUT2D eigenvalue weighted by molar-refractivity contribution is 9.10. The Labute approximate surface area is 148 Å². The van der Waals surface area contributed by atoms with Gasteiger partial charge >= 0.3 is 5.97 Å². The van der Waals surface area contributed by atoms with Gasteiger partial charge in [0.2, 0.25) is 0 Å². The molecule has 0 radical (unpaired) electrons. The lowest BCUT2D eigenvalue weighted by molar-refractivity contribution is 0.0211. The molecule has 0 spiro atoms. The maximum absolute atomic E-state index is 12.1. The van der Waals surface area contributed by atoms with Gasteiger partial charge in [0, 0.05) is 5.69 Å². The Kier molecular flexibility index (Phi) is 5.35. The summed E-state index contributed by atoms with van der Waals surface area (Å²) in [5.41, 5.74) is 1.07. The highest BCUT2D eigenvalue weighted by Crippen LogP contribution is 2.22. The number of amides is 1. The Bertz CT molecular complexity index is 717. The van der Waals surface area contributed by atoms with Gasteiger partial charge in [-0.25, -0.2) is 4.79 Å². The van der Waals surface area contributed by atoms with E-state index in [1.54, 1.807) is 36.4 Å². The summed E-state index contributed by atoms with van der Waals surface area (Å²) in [7, 11) is 0. The van der Waals surface area contributed by atoms with E-state index in [1.165, 1.54) is 6.42 Å². The minimum atomic E-state index is -0.349. The number of hydrogen-bond donors (Lipinski definition) is 1. The lowest BCUT2D eigenvalue weighted by Crippen LogP contribution is -2.20. The lowest BCUT2D eigenvalue weighted by Gasteiger charge is -2.21. The lowest BCUT2D eigenvalue weighted by atomic mass is 9.98. The Morgan fingerprint density at radius 1 is 1.04 bits per heavy atom. The molecule has 6 heteroatoms. The maximum atomic E-state index is 12.1. The molecule has 3 rings (SSSR count). The van der Waals surface area contributed by atoms with Gasteiger partial charge in [0.1, 0.15) is 6.10 Å². The number of anilines is 1. The van der Waals surface area contributed by atoms with Crippen molar-refractivity contribution in [1.29, 1.82) is 0 Å². The summed E-state index contributed by atoms with van der Waals surface area (Å²) >= 11 is 3.15. The van der Waals surface area contributed by atoms with Crippen molar-refractivity contribution in [1.82, 2.24) is 0 Å². The number of halogens is 1. The van der Waals surface area contributed by atoms with Crippen molar-refractivity contribution >= 4 is 33.5 Å². The first kappa shape index (κ1) is 16.8. The molecule has 0 unspecified atom stereocenters. The topological polar surface area (TPSA) is 68.5 Å². The zero-order valence-corrected chi connectivity index (χ0v) is 14.7. The molecule has 2 aromatic rings. The summed E-state index contributed by atoms with van der Waals surface area (Å²) < 4.78 is 11.2. The van der Waals surface area contributed by atoms with Crippen LogP contribution in [0.1, 0.15) is 53.0 Å². The molecule has 0 bridgehead atoms. The van der Waals surface area contributed by atoms with Gasteiger partial charge < -0.3 is 14.5 Å². The SMILES string of the molecule is O=C(OC1CCCCC1)c1ccc(NC(=O)c2ccc(Br)o2)cc1. The van der Waals surface area contributed by atoms with Gasteiger partial charge in [-0.15, -0.1) is 0 Å². The normalized spacial score (nSPS) is 15.0. The van der Waals surface area contributed by atoms with Crippen LogP contribution in [0.15, 0.2) is 45.5 Å². The fourth-order valence-corrected chi connectivity index (χ4v) is 3.03. The minimum absolute atomic E-state index is 0.0306. The van der Waals surface area contributed by atoms with Gasteiger partial charge in [-0.05, 0) is 78.0 Å². The Balaban J connectivity index is 1.58. The van der Waals surface area contributed by atoms with Crippen LogP contribution in [0.3, 0.4) is 0 Å². The summed E-state index contributed by atoms with van der Waals surface area (Å²) in [4.78, 5) is 24.1. The number of rotatable bonds is 4. The van der Waals surface area contributed by atoms with E-state index in [9.17, 15) is 9.59 Å². The smallest absolute Gasteiger partial charge is 0.338 e. The molecule has 1 N–H and O–H groups in total. The second kappa shape index (κ2) is 7.66. The average Bonchev–Trinajstić information content (AvgIpc) is 3.03. The molecule has 1 aliphatic rings. The molecular formula is C18H18BrNO4. The fourth-order valence-electron chi connectivity index (χ4n) is 2.72. The number of benzene rings is 1. The molecule has 1 saturated carbocycles. The van der Waals surface area contributed by atoms with Crippen molar-refractivity contribution in [2.75, 3.05) is 5.32 Å². The molecule has 1 heterocycles. The predicted octanol–water partition coefficient (Wildman–Crippen LogP) is 4.78. The van der Waals surface area contributed by atoms with E-state index in [-0.39, 0.29) is 23.7 Å². The molecular weight excluding hydrogens is 374 g/mol. The molecule has 1 aromatic carbocycles. The first-order valence-electron chi connectivity index (χ1n) is 7.99. The standard InChI is InChI=1S/C18H18BrNO4/c19-16-11-10-15(24-16)17(21)20-13-8-6-12(7-9-13)18(22)23-14-4-2-1-3-5-14/h6-11,14H,1-5H2,(H,20,21). The van der Waals surface area contributed by atoms with Gasteiger partial charge in [0.15, 0.2) is 10.4 Å². The van der Waals surface area contributed by atoms with E-state index >= 15 is 0 Å². The van der Waals surface area contributed by atoms with E-state index in [1.807, 2.05) is 0 Å². The van der Waals surface area contributed by atoms with Crippen LogP contribution in [0.25, 0.3) is 0 Å². The van der Waals surface area contributed by atoms with Crippen LogP contribution in [0, 0.1) is 0 Å². The third kappa shape index (κ3) is 4.26. The molecule has 24 heavy (non-hydrogen) atoms. The molecule has 0 atom stereocenters. The number of esters is 1. The van der Waals surface area contributed by atoms with Crippen molar-refractivity contribution in [3.05, 3.63) is 52.4 Å². The predicted molar refractivity (Wildman–Crippen MR) is 93.1 cm³/mol. The number of nitrogens with one attached hydrogen (secondary N) is 1. The van der Waals surface area contributed by atoms with E-state index in [4.69, 9.17) is 9.15 Å². The summed E-state index contributed by atoms with van der Waals surface area (Å²) in [6, 6.07) is 9.88. The molecule has 1 fully saturated rings. The van der Waals surface area contributed by atoms with Crippen molar-refractivity contribution in [2.24, 2.45) is 0 Å². The maximum Gasteiger partial charge on any atom is 0.338 e. The monoisotopic (exact) mass is 391 g/mol. The van der Waals surface area contributed by atoms with Crippen LogP contribution in [-0.2, 0) is 4.74 Å². The average molecular weight is 392 g/mol. The van der Waals surface area contributed by atoms with Crippen LogP contribution >= 0.6 is 15.9 Å². The highest BCUT2D eigenvalue weighted by atomic mass is 79.9. The Morgan fingerprint density at radius 2 is 1.75 bits per heavy atom. The van der Waals surface area contributed by atoms with Crippen LogP contribution < -0.4 is 5.32 Å². The number of ether oxygens (including phenoxy) is 1. The minimum Gasteiger partial charge on any atom is -0.459 e. The quantitative estimate of drug-likeness (QED) is 0.761. The first-order valence-corrected chi connectivity index (χ1v) is 8.79. The second-order valence-electron chi connectivity index (χ2n) is 5.80. The fraction of sp³-hybridized carbons (Fsp3) is 0.333. The highest BCUT2D eigenvalue weighted by Gasteiger charge is 2.19. The van der Waals surface area contributed by atoms with Crippen molar-refractivity contribution < 1.29 is 18.7 Å². The second-order valence-corrected chi connectivity index (χ2v) is 6.58. The van der Waals surface area contributed by atoms with E-state index in [0.29, 0.717) is 15.9 Å². The van der Waals surface area contributed by atoms with Gasteiger partial charge in [0.25, 0.3) is 5.91 Å². The summed E-state index contributed by atoms with van der Waals surface area (Å²) in [5, 5.41) is 2.71. The molecule has 1 amide bonds. The van der Waals surface area contributed by atoms with Crippen LogP contribution in [0.4, 0.5) is 5.69 Å². The van der Waals surface area contributed by atoms with Gasteiger partial charge in [-0.2, -0.15) is 0 Å². The summed E-state index contributed by atoms with van der Waals surface area (Å²) in [5.74, 6) is -0.448. The summed E-state index contributed by atoms with van der Waals surface area (Å²) in [6.45, 7) is 0. The molecule has 1 aromatic heterocycles. The molecule has 1 aliphatic carbocycles. The number of furan rings is 1. The number of carbonyl (C=O) groups excluding carboxylic acids is 2. The van der Waals surface area contributed by atoms with Crippen LogP contribution in [0.5, 0.6) is 0 Å². The summed E-state index contributed by atoms with van der Waals surface area (Å²) in [6.07, 6.45) is 5.37. The zero-order chi connectivity index (χ0) is 16.9. The molecule has 0 saturated heterocycles. The molecule has 126 valence electrons. The van der Waals surface area contributed by atoms with E-state index in [2.05, 4.69) is 21.2 Å². The zero-order valence-electron chi connectivity index (χ0n) is 13.1. The van der Waals surface area contributed by atoms with Gasteiger partial charge in [-0.1, -0.05) is 6.42 Å². The van der Waals surface area contributed by atoms with E-state index < -0.39 is 0 Å². The van der Waals surface area contributed by atoms with Gasteiger partial charge in [-0.3, -0.25) is 4.79 Å². The molecule has 5 nitrogen and oxygen atoms in total. The van der Waals surface area contributed by atoms with Crippen molar-refractivity contribution in [3.8, 4) is 0 Å². The van der Waals surface area contributed by atoms with Crippen LogP contribution in [-0.4, -0.2) is 18.0 Å². The Hall–Kier alpha value is -2.08. The number of hydrogen-bond acceptors (Lipinski definition) is 4. The third-order valence-corrected chi connectivity index (χ3v) is 4.43. The van der Waals surface area contributed by atoms with Crippen molar-refractivity contribution in [2.45, 2.75) is 38.2 Å². The van der Waals surface area contributed by atoms with E-state index in [0.717, 1.165) is 25.7 Å². The molecule has 0 aliphatic heterocycles. The van der Waals surface area contributed by atoms with Gasteiger partial charge in [0.05, 0.1) is 5.56 Å². The first-order chi connectivity index (χ1) is 11.6. The Morgan fingerprint density at radius 3 is 2.38 bits per heavy atom. The number of carbonyl (C=O) groups is 2. The largest absolute Gasteiger partial charge is 0.459 e.